The molecule has 0 spiro atoms. The zero-order valence-electron chi connectivity index (χ0n) is 12.4. The highest BCUT2D eigenvalue weighted by molar-refractivity contribution is 6.32. The van der Waals surface area contributed by atoms with Gasteiger partial charge in [-0.05, 0) is 36.2 Å². The summed E-state index contributed by atoms with van der Waals surface area (Å²) in [5, 5.41) is 8.81. The van der Waals surface area contributed by atoms with Gasteiger partial charge in [0.05, 0.1) is 16.4 Å². The third-order valence-electron chi connectivity index (χ3n) is 4.10. The van der Waals surface area contributed by atoms with Gasteiger partial charge >= 0.3 is 0 Å². The van der Waals surface area contributed by atoms with Gasteiger partial charge in [-0.2, -0.15) is 5.10 Å². The van der Waals surface area contributed by atoms with Gasteiger partial charge in [-0.15, -0.1) is 0 Å². The number of benzene rings is 2. The fourth-order valence-electron chi connectivity index (χ4n) is 2.98. The van der Waals surface area contributed by atoms with Crippen LogP contribution in [0.4, 0.5) is 10.2 Å². The van der Waals surface area contributed by atoms with E-state index in [1.807, 2.05) is 28.9 Å². The van der Waals surface area contributed by atoms with E-state index in [0.29, 0.717) is 11.4 Å². The van der Waals surface area contributed by atoms with Crippen LogP contribution in [0.2, 0.25) is 5.02 Å². The lowest BCUT2D eigenvalue weighted by Gasteiger charge is -2.08. The largest absolute Gasteiger partial charge is 0.369 e. The number of anilines is 1. The summed E-state index contributed by atoms with van der Waals surface area (Å²) in [6.07, 6.45) is 1.62. The van der Waals surface area contributed by atoms with Crippen LogP contribution >= 0.6 is 11.6 Å². The van der Waals surface area contributed by atoms with Gasteiger partial charge in [-0.3, -0.25) is 0 Å². The Morgan fingerprint density at radius 3 is 2.70 bits per heavy atom. The highest BCUT2D eigenvalue weighted by Gasteiger charge is 2.23. The molecule has 0 saturated carbocycles. The number of para-hydroxylation sites is 1. The molecular formula is C18H15ClFN3. The molecule has 0 radical (unpaired) electrons. The fourth-order valence-corrected chi connectivity index (χ4v) is 3.20. The van der Waals surface area contributed by atoms with Crippen LogP contribution < -0.4 is 5.32 Å². The number of nitrogens with zero attached hydrogens (tertiary/aromatic N) is 2. The Balaban J connectivity index is 1.76. The molecule has 0 amide bonds. The Kier molecular flexibility index (Phi) is 3.54. The standard InChI is InChI=1S/C18H15ClFN3/c19-15-3-1-2-4-17(15)23-18-14(9-10-21-18)16(22-23)11-12-5-7-13(20)8-6-12/h1-8,21H,9-11H2. The summed E-state index contributed by atoms with van der Waals surface area (Å²) >= 11 is 6.32. The van der Waals surface area contributed by atoms with Crippen molar-refractivity contribution in [2.45, 2.75) is 12.8 Å². The molecule has 2 aromatic carbocycles. The first-order chi connectivity index (χ1) is 11.2. The van der Waals surface area contributed by atoms with Crippen molar-refractivity contribution < 1.29 is 4.39 Å². The van der Waals surface area contributed by atoms with E-state index in [0.717, 1.165) is 35.7 Å². The number of fused-ring (bicyclic) bond motifs is 1. The quantitative estimate of drug-likeness (QED) is 0.780. The van der Waals surface area contributed by atoms with E-state index in [2.05, 4.69) is 5.32 Å². The molecule has 3 aromatic rings. The van der Waals surface area contributed by atoms with Crippen LogP contribution in [-0.2, 0) is 12.8 Å². The van der Waals surface area contributed by atoms with Crippen LogP contribution in [0.5, 0.6) is 0 Å². The zero-order chi connectivity index (χ0) is 15.8. The van der Waals surface area contributed by atoms with Gasteiger partial charge in [0.1, 0.15) is 11.6 Å². The summed E-state index contributed by atoms with van der Waals surface area (Å²) in [6, 6.07) is 14.2. The van der Waals surface area contributed by atoms with Crippen molar-refractivity contribution >= 4 is 17.4 Å². The van der Waals surface area contributed by atoms with Crippen molar-refractivity contribution in [3.63, 3.8) is 0 Å². The number of hydrogen-bond donors (Lipinski definition) is 1. The number of nitrogens with one attached hydrogen (secondary N) is 1. The molecule has 23 heavy (non-hydrogen) atoms. The molecule has 1 aromatic heterocycles. The Labute approximate surface area is 138 Å². The monoisotopic (exact) mass is 327 g/mol. The fraction of sp³-hybridized carbons (Fsp3) is 0.167. The van der Waals surface area contributed by atoms with E-state index < -0.39 is 0 Å². The smallest absolute Gasteiger partial charge is 0.133 e. The third kappa shape index (κ3) is 2.59. The van der Waals surface area contributed by atoms with Crippen LogP contribution in [0.1, 0.15) is 16.8 Å². The molecule has 116 valence electrons. The predicted octanol–water partition coefficient (Wildman–Crippen LogP) is 4.22. The molecule has 0 unspecified atom stereocenters. The first-order valence-electron chi connectivity index (χ1n) is 7.56. The average molecular weight is 328 g/mol. The minimum Gasteiger partial charge on any atom is -0.369 e. The zero-order valence-corrected chi connectivity index (χ0v) is 13.1. The lowest BCUT2D eigenvalue weighted by Crippen LogP contribution is -2.05. The summed E-state index contributed by atoms with van der Waals surface area (Å²) in [5.74, 6) is 0.789. The van der Waals surface area contributed by atoms with Crippen LogP contribution in [0.3, 0.4) is 0 Å². The van der Waals surface area contributed by atoms with E-state index in [9.17, 15) is 4.39 Å². The molecular weight excluding hydrogens is 313 g/mol. The molecule has 2 heterocycles. The highest BCUT2D eigenvalue weighted by Crippen LogP contribution is 2.32. The maximum atomic E-state index is 13.1. The minimum atomic E-state index is -0.220. The van der Waals surface area contributed by atoms with Crippen molar-refractivity contribution in [2.24, 2.45) is 0 Å². The molecule has 1 N–H and O–H groups in total. The molecule has 3 nitrogen and oxygen atoms in total. The van der Waals surface area contributed by atoms with Crippen molar-refractivity contribution in [3.8, 4) is 5.69 Å². The van der Waals surface area contributed by atoms with Gasteiger partial charge in [0.2, 0.25) is 0 Å². The van der Waals surface area contributed by atoms with Gasteiger partial charge in [0.15, 0.2) is 0 Å². The number of aromatic nitrogens is 2. The molecule has 5 heteroatoms. The van der Waals surface area contributed by atoms with Crippen LogP contribution in [0.15, 0.2) is 48.5 Å². The van der Waals surface area contributed by atoms with Gasteiger partial charge < -0.3 is 5.32 Å². The summed E-state index contributed by atoms with van der Waals surface area (Å²) < 4.78 is 14.9. The maximum absolute atomic E-state index is 13.1. The van der Waals surface area contributed by atoms with Gasteiger partial charge in [0.25, 0.3) is 0 Å². The normalized spacial score (nSPS) is 13.0. The van der Waals surface area contributed by atoms with Gasteiger partial charge in [-0.25, -0.2) is 9.07 Å². The Bertz CT molecular complexity index is 855. The Morgan fingerprint density at radius 1 is 1.13 bits per heavy atom. The minimum absolute atomic E-state index is 0.220. The second kappa shape index (κ2) is 5.70. The van der Waals surface area contributed by atoms with Crippen molar-refractivity contribution in [1.29, 1.82) is 0 Å². The molecule has 0 atom stereocenters. The molecule has 4 rings (SSSR count). The summed E-state index contributed by atoms with van der Waals surface area (Å²) in [7, 11) is 0. The van der Waals surface area contributed by atoms with Gasteiger partial charge in [0, 0.05) is 18.5 Å². The second-order valence-electron chi connectivity index (χ2n) is 5.62. The number of hydrogen-bond acceptors (Lipinski definition) is 2. The molecule has 0 bridgehead atoms. The van der Waals surface area contributed by atoms with E-state index in [1.165, 1.54) is 17.7 Å². The maximum Gasteiger partial charge on any atom is 0.133 e. The van der Waals surface area contributed by atoms with Crippen LogP contribution in [0, 0.1) is 5.82 Å². The predicted molar refractivity (Wildman–Crippen MR) is 90.0 cm³/mol. The molecule has 1 aliphatic rings. The van der Waals surface area contributed by atoms with E-state index in [4.69, 9.17) is 16.7 Å². The van der Waals surface area contributed by atoms with Crippen molar-refractivity contribution in [1.82, 2.24) is 9.78 Å². The first kappa shape index (κ1) is 14.3. The van der Waals surface area contributed by atoms with E-state index in [1.54, 1.807) is 12.1 Å². The van der Waals surface area contributed by atoms with Crippen LogP contribution in [-0.4, -0.2) is 16.3 Å². The van der Waals surface area contributed by atoms with Crippen molar-refractivity contribution in [2.75, 3.05) is 11.9 Å². The topological polar surface area (TPSA) is 29.9 Å². The van der Waals surface area contributed by atoms with E-state index >= 15 is 0 Å². The molecule has 0 fully saturated rings. The summed E-state index contributed by atoms with van der Waals surface area (Å²) in [5.41, 5.74) is 4.14. The lowest BCUT2D eigenvalue weighted by atomic mass is 10.1. The van der Waals surface area contributed by atoms with Gasteiger partial charge in [-0.1, -0.05) is 35.9 Å². The SMILES string of the molecule is Fc1ccc(Cc2nn(-c3ccccc3Cl)c3c2CCN3)cc1. The highest BCUT2D eigenvalue weighted by atomic mass is 35.5. The Hall–Kier alpha value is -2.33. The third-order valence-corrected chi connectivity index (χ3v) is 4.42. The van der Waals surface area contributed by atoms with E-state index in [-0.39, 0.29) is 5.82 Å². The second-order valence-corrected chi connectivity index (χ2v) is 6.02. The lowest BCUT2D eigenvalue weighted by molar-refractivity contribution is 0.627. The van der Waals surface area contributed by atoms with Crippen molar-refractivity contribution in [3.05, 3.63) is 76.2 Å². The summed E-state index contributed by atoms with van der Waals surface area (Å²) in [4.78, 5) is 0. The number of rotatable bonds is 3. The Morgan fingerprint density at radius 2 is 1.91 bits per heavy atom. The first-order valence-corrected chi connectivity index (χ1v) is 7.94. The van der Waals surface area contributed by atoms with Crippen LogP contribution in [0.25, 0.3) is 5.69 Å². The number of halogens is 2. The summed E-state index contributed by atoms with van der Waals surface area (Å²) in [6.45, 7) is 0.897. The molecule has 0 saturated heterocycles. The molecule has 1 aliphatic heterocycles. The average Bonchev–Trinajstić information content (AvgIpc) is 3.14. The molecule has 0 aliphatic carbocycles.